The fourth-order valence-corrected chi connectivity index (χ4v) is 6.52. The molecule has 0 aliphatic carbocycles. The lowest BCUT2D eigenvalue weighted by molar-refractivity contribution is -0.373. The van der Waals surface area contributed by atoms with Crippen LogP contribution in [0.3, 0.4) is 0 Å². The van der Waals surface area contributed by atoms with E-state index in [1.807, 2.05) is 91.0 Å². The van der Waals surface area contributed by atoms with Crippen molar-refractivity contribution in [2.75, 3.05) is 13.7 Å². The predicted octanol–water partition coefficient (Wildman–Crippen LogP) is 8.62. The van der Waals surface area contributed by atoms with Gasteiger partial charge in [-0.05, 0) is 65.4 Å². The molecule has 1 aliphatic rings. The number of ether oxygens (including phenoxy) is 6. The quantitative estimate of drug-likeness (QED) is 0.0942. The van der Waals surface area contributed by atoms with Gasteiger partial charge in [0.1, 0.15) is 24.4 Å². The zero-order valence-electron chi connectivity index (χ0n) is 33.5. The number of hydrogen-bond donors (Lipinski definition) is 0. The molecule has 0 amide bonds. The number of rotatable bonds is 16. The minimum atomic E-state index is -3.14. The Kier molecular flexibility index (Phi) is 10.7. The molecule has 1 saturated heterocycles. The van der Waals surface area contributed by atoms with E-state index in [2.05, 4.69) is 0 Å². The Balaban J connectivity index is 1.39. The summed E-state index contributed by atoms with van der Waals surface area (Å²) in [6.07, 6.45) is -3.37. The number of hydrogen-bond acceptors (Lipinski definition) is 7. The molecule has 0 spiro atoms. The largest absolute Gasteiger partial charge is 0.491 e. The Bertz CT molecular complexity index is 2080. The van der Waals surface area contributed by atoms with Crippen molar-refractivity contribution >= 4 is 17.9 Å². The van der Waals surface area contributed by atoms with E-state index in [0.717, 1.165) is 22.8 Å². The standard InChI is InChI=1S/C43H42ClFO7/c1-3-48-38-22-19-33(24-37(38)45)23-34-25-35(20-21-36(34)44)43(47-2)42(51-29-32-17-11-6-12-18-32)41(50-28-31-15-9-5-10-16-31)40(39(26-46)52-43)49-27-30-13-7-4-8-14-30/h4-22,24-26,39-42H,3,23,27-29H2,1-2H3/t39-,40-,41+,42-,43+/m1/s1/i1D3,3D2. The molecule has 52 heavy (non-hydrogen) atoms. The van der Waals surface area contributed by atoms with Gasteiger partial charge in [0.25, 0.3) is 0 Å². The van der Waals surface area contributed by atoms with E-state index in [-0.39, 0.29) is 26.2 Å². The smallest absolute Gasteiger partial charge is 0.225 e. The molecule has 0 bridgehead atoms. The fraction of sp³-hybridized carbons (Fsp3) is 0.279. The second-order valence-electron chi connectivity index (χ2n) is 12.3. The maximum Gasteiger partial charge on any atom is 0.225 e. The van der Waals surface area contributed by atoms with Crippen LogP contribution < -0.4 is 4.74 Å². The van der Waals surface area contributed by atoms with Gasteiger partial charge in [-0.2, -0.15) is 0 Å². The zero-order valence-corrected chi connectivity index (χ0v) is 29.2. The average Bonchev–Trinajstić information content (AvgIpc) is 3.21. The molecule has 0 saturated carbocycles. The average molecular weight is 730 g/mol. The van der Waals surface area contributed by atoms with Gasteiger partial charge in [0.2, 0.25) is 5.79 Å². The molecule has 5 aromatic rings. The minimum absolute atomic E-state index is 0.0826. The molecule has 5 aromatic carbocycles. The highest BCUT2D eigenvalue weighted by Gasteiger charge is 2.58. The highest BCUT2D eigenvalue weighted by Crippen LogP contribution is 2.44. The Hall–Kier alpha value is -4.41. The second kappa shape index (κ2) is 17.9. The van der Waals surface area contributed by atoms with Crippen LogP contribution in [0.4, 0.5) is 4.39 Å². The summed E-state index contributed by atoms with van der Waals surface area (Å²) >= 11 is 6.74. The lowest BCUT2D eigenvalue weighted by Crippen LogP contribution is -2.65. The van der Waals surface area contributed by atoms with Gasteiger partial charge in [-0.1, -0.05) is 115 Å². The van der Waals surface area contributed by atoms with Crippen LogP contribution in [0.15, 0.2) is 127 Å². The maximum absolute atomic E-state index is 15.2. The Morgan fingerprint density at radius 3 is 1.94 bits per heavy atom. The van der Waals surface area contributed by atoms with Gasteiger partial charge in [0.15, 0.2) is 17.9 Å². The molecule has 1 fully saturated rings. The molecule has 1 aliphatic heterocycles. The van der Waals surface area contributed by atoms with Crippen molar-refractivity contribution < 1.29 is 44.5 Å². The lowest BCUT2D eigenvalue weighted by Gasteiger charge is -2.51. The highest BCUT2D eigenvalue weighted by molar-refractivity contribution is 6.31. The van der Waals surface area contributed by atoms with E-state index >= 15 is 4.39 Å². The van der Waals surface area contributed by atoms with E-state index in [4.69, 9.17) is 46.9 Å². The van der Waals surface area contributed by atoms with E-state index < -0.39 is 55.2 Å². The molecular weight excluding hydrogens is 683 g/mol. The lowest BCUT2D eigenvalue weighted by atomic mass is 9.86. The number of aldehydes is 1. The first-order valence-corrected chi connectivity index (χ1v) is 17.1. The third kappa shape index (κ3) is 8.78. The molecule has 9 heteroatoms. The summed E-state index contributed by atoms with van der Waals surface area (Å²) in [6, 6.07) is 37.4. The van der Waals surface area contributed by atoms with Gasteiger partial charge >= 0.3 is 0 Å². The van der Waals surface area contributed by atoms with Gasteiger partial charge in [-0.3, -0.25) is 0 Å². The Morgan fingerprint density at radius 1 is 0.788 bits per heavy atom. The van der Waals surface area contributed by atoms with E-state index in [1.165, 1.54) is 19.2 Å². The molecule has 5 atom stereocenters. The molecule has 0 radical (unpaired) electrons. The monoisotopic (exact) mass is 729 g/mol. The van der Waals surface area contributed by atoms with E-state index in [1.54, 1.807) is 18.2 Å². The van der Waals surface area contributed by atoms with Crippen LogP contribution in [0.25, 0.3) is 0 Å². The SMILES string of the molecule is [2H]C([2H])([2H])C([2H])([2H])Oc1ccc(Cc2cc([C@]3(OC)O[C@H](C=O)[C@@H](OCc4ccccc4)[C@H](OCc4ccccc4)[C@H]3OCc3ccccc3)ccc2Cl)cc1F. The third-order valence-corrected chi connectivity index (χ3v) is 9.28. The first kappa shape index (κ1) is 31.1. The molecule has 6 rings (SSSR count). The molecule has 0 aromatic heterocycles. The fourth-order valence-electron chi connectivity index (χ4n) is 6.34. The number of methoxy groups -OCH3 is 1. The highest BCUT2D eigenvalue weighted by atomic mass is 35.5. The van der Waals surface area contributed by atoms with Crippen molar-refractivity contribution in [1.82, 2.24) is 0 Å². The topological polar surface area (TPSA) is 72.5 Å². The Labute approximate surface area is 316 Å². The van der Waals surface area contributed by atoms with Gasteiger partial charge in [0, 0.05) is 21.8 Å². The van der Waals surface area contributed by atoms with Crippen LogP contribution >= 0.6 is 11.6 Å². The number of carbonyl (C=O) groups excluding carboxylic acids is 1. The van der Waals surface area contributed by atoms with Gasteiger partial charge in [-0.25, -0.2) is 4.39 Å². The number of carbonyl (C=O) groups is 1. The zero-order chi connectivity index (χ0) is 40.6. The summed E-state index contributed by atoms with van der Waals surface area (Å²) in [5.41, 5.74) is 3.99. The van der Waals surface area contributed by atoms with E-state index in [9.17, 15) is 4.79 Å². The molecule has 1 heterocycles. The summed E-state index contributed by atoms with van der Waals surface area (Å²) in [5, 5.41) is 0.329. The van der Waals surface area contributed by atoms with Crippen molar-refractivity contribution in [3.8, 4) is 5.75 Å². The minimum Gasteiger partial charge on any atom is -0.491 e. The van der Waals surface area contributed by atoms with Crippen LogP contribution in [0, 0.1) is 5.82 Å². The maximum atomic E-state index is 15.2. The predicted molar refractivity (Wildman–Crippen MR) is 197 cm³/mol. The van der Waals surface area contributed by atoms with Crippen molar-refractivity contribution in [2.24, 2.45) is 0 Å². The Morgan fingerprint density at radius 2 is 1.38 bits per heavy atom. The van der Waals surface area contributed by atoms with Gasteiger partial charge in [-0.15, -0.1) is 0 Å². The van der Waals surface area contributed by atoms with E-state index in [0.29, 0.717) is 28.0 Å². The van der Waals surface area contributed by atoms with Crippen molar-refractivity contribution in [2.45, 2.75) is 63.3 Å². The normalized spacial score (nSPS) is 23.4. The van der Waals surface area contributed by atoms with Gasteiger partial charge in [0.05, 0.1) is 29.1 Å². The second-order valence-corrected chi connectivity index (χ2v) is 12.7. The molecule has 270 valence electrons. The number of benzene rings is 5. The molecular formula is C43H42ClFO7. The summed E-state index contributed by atoms with van der Waals surface area (Å²) in [7, 11) is 1.44. The summed E-state index contributed by atoms with van der Waals surface area (Å²) in [5.74, 6) is -3.28. The van der Waals surface area contributed by atoms with Crippen LogP contribution in [-0.2, 0) is 60.5 Å². The van der Waals surface area contributed by atoms with Gasteiger partial charge < -0.3 is 33.2 Å². The molecule has 7 nitrogen and oxygen atoms in total. The van der Waals surface area contributed by atoms with Crippen LogP contribution in [0.2, 0.25) is 5.02 Å². The van der Waals surface area contributed by atoms with Crippen LogP contribution in [0.1, 0.15) is 47.1 Å². The van der Waals surface area contributed by atoms with Crippen molar-refractivity contribution in [3.05, 3.63) is 172 Å². The van der Waals surface area contributed by atoms with Crippen LogP contribution in [-0.4, -0.2) is 44.4 Å². The molecule has 0 N–H and O–H groups in total. The van der Waals surface area contributed by atoms with Crippen LogP contribution in [0.5, 0.6) is 5.75 Å². The summed E-state index contributed by atoms with van der Waals surface area (Å²) in [6.45, 7) is -5.83. The summed E-state index contributed by atoms with van der Waals surface area (Å²) < 4.78 is 90.7. The third-order valence-electron chi connectivity index (χ3n) is 8.91. The number of halogens is 2. The van der Waals surface area contributed by atoms with Crippen molar-refractivity contribution in [1.29, 1.82) is 0 Å². The first-order valence-electron chi connectivity index (χ1n) is 19.2. The first-order chi connectivity index (χ1) is 27.3. The summed E-state index contributed by atoms with van der Waals surface area (Å²) in [4.78, 5) is 13.0. The molecule has 0 unspecified atom stereocenters. The van der Waals surface area contributed by atoms with Crippen molar-refractivity contribution in [3.63, 3.8) is 0 Å².